The molecule has 2 aromatic carbocycles. The average molecular weight is 316 g/mol. The van der Waals surface area contributed by atoms with Crippen LogP contribution in [0.3, 0.4) is 0 Å². The Morgan fingerprint density at radius 2 is 1.79 bits per heavy atom. The second-order valence-electron chi connectivity index (χ2n) is 4.19. The number of alkyl halides is 1. The van der Waals surface area contributed by atoms with Gasteiger partial charge in [-0.1, -0.05) is 59.1 Å². The zero-order valence-electron chi connectivity index (χ0n) is 10.4. The van der Waals surface area contributed by atoms with Crippen LogP contribution in [0.2, 0.25) is 10.0 Å². The highest BCUT2D eigenvalue weighted by Gasteiger charge is 2.07. The minimum Gasteiger partial charge on any atom is -0.475 e. The van der Waals surface area contributed by atoms with Gasteiger partial charge in [0.1, 0.15) is 5.75 Å². The molecule has 2 rings (SSSR count). The Kier molecular flexibility index (Phi) is 4.98. The van der Waals surface area contributed by atoms with E-state index in [0.29, 0.717) is 10.0 Å². The summed E-state index contributed by atoms with van der Waals surface area (Å²) in [7, 11) is 0. The largest absolute Gasteiger partial charge is 0.475 e. The van der Waals surface area contributed by atoms with Crippen molar-refractivity contribution in [3.63, 3.8) is 0 Å². The number of para-hydroxylation sites is 1. The first-order valence-electron chi connectivity index (χ1n) is 5.89. The molecule has 4 heteroatoms. The van der Waals surface area contributed by atoms with Gasteiger partial charge in [0.15, 0.2) is 5.56 Å². The van der Waals surface area contributed by atoms with Crippen LogP contribution in [0.4, 0.5) is 0 Å². The molecule has 0 heterocycles. The predicted molar refractivity (Wildman–Crippen MR) is 81.7 cm³/mol. The first kappa shape index (κ1) is 14.5. The Labute approximate surface area is 128 Å². The van der Waals surface area contributed by atoms with Crippen LogP contribution >= 0.6 is 34.8 Å². The van der Waals surface area contributed by atoms with Crippen molar-refractivity contribution in [2.75, 3.05) is 0 Å². The van der Waals surface area contributed by atoms with E-state index < -0.39 is 0 Å². The molecule has 0 bridgehead atoms. The fraction of sp³-hybridized carbons (Fsp3) is 0.200. The Morgan fingerprint density at radius 1 is 1.05 bits per heavy atom. The van der Waals surface area contributed by atoms with Crippen molar-refractivity contribution < 1.29 is 4.74 Å². The molecule has 1 atom stereocenters. The second kappa shape index (κ2) is 6.51. The van der Waals surface area contributed by atoms with Crippen LogP contribution in [0, 0.1) is 0 Å². The summed E-state index contributed by atoms with van der Waals surface area (Å²) < 4.78 is 5.58. The van der Waals surface area contributed by atoms with Crippen LogP contribution < -0.4 is 4.74 Å². The van der Waals surface area contributed by atoms with Gasteiger partial charge in [-0.25, -0.2) is 0 Å². The first-order chi connectivity index (χ1) is 9.06. The summed E-state index contributed by atoms with van der Waals surface area (Å²) in [6.07, 6.45) is 0.719. The molecule has 1 unspecified atom stereocenters. The maximum Gasteiger partial charge on any atom is 0.169 e. The normalized spacial score (nSPS) is 12.2. The summed E-state index contributed by atoms with van der Waals surface area (Å²) in [6.45, 7) is 1.79. The Morgan fingerprint density at radius 3 is 2.47 bits per heavy atom. The molecule has 0 saturated carbocycles. The number of halogens is 3. The number of rotatable bonds is 4. The van der Waals surface area contributed by atoms with Crippen LogP contribution in [0.25, 0.3) is 0 Å². The molecule has 0 amide bonds. The summed E-state index contributed by atoms with van der Waals surface area (Å²) in [5.74, 6) is 0.788. The molecule has 0 aliphatic rings. The van der Waals surface area contributed by atoms with Crippen LogP contribution in [0.15, 0.2) is 42.5 Å². The fourth-order valence-electron chi connectivity index (χ4n) is 1.81. The smallest absolute Gasteiger partial charge is 0.169 e. The monoisotopic (exact) mass is 314 g/mol. The van der Waals surface area contributed by atoms with Gasteiger partial charge in [-0.3, -0.25) is 0 Å². The molecule has 19 heavy (non-hydrogen) atoms. The lowest BCUT2D eigenvalue weighted by Gasteiger charge is -2.13. The van der Waals surface area contributed by atoms with Gasteiger partial charge >= 0.3 is 0 Å². The van der Waals surface area contributed by atoms with E-state index in [0.717, 1.165) is 23.3 Å². The Balaban J connectivity index is 2.25. The fourth-order valence-corrected chi connectivity index (χ4v) is 2.23. The summed E-state index contributed by atoms with van der Waals surface area (Å²) >= 11 is 17.8. The molecule has 0 N–H and O–H groups in total. The van der Waals surface area contributed by atoms with E-state index in [-0.39, 0.29) is 5.56 Å². The van der Waals surface area contributed by atoms with Crippen LogP contribution in [0.1, 0.15) is 18.1 Å². The molecule has 0 aromatic heterocycles. The lowest BCUT2D eigenvalue weighted by Crippen LogP contribution is -2.05. The van der Waals surface area contributed by atoms with E-state index in [1.165, 1.54) is 0 Å². The maximum absolute atomic E-state index is 6.02. The molecule has 100 valence electrons. The molecule has 0 spiro atoms. The van der Waals surface area contributed by atoms with Gasteiger partial charge in [0.05, 0.1) is 10.0 Å². The van der Waals surface area contributed by atoms with Crippen molar-refractivity contribution in [2.45, 2.75) is 18.9 Å². The third-order valence-corrected chi connectivity index (χ3v) is 3.47. The molecular weight excluding hydrogens is 303 g/mol. The molecule has 2 aromatic rings. The summed E-state index contributed by atoms with van der Waals surface area (Å²) in [6, 6.07) is 13.4. The van der Waals surface area contributed by atoms with Crippen molar-refractivity contribution in [3.05, 3.63) is 63.6 Å². The average Bonchev–Trinajstić information content (AvgIpc) is 2.36. The predicted octanol–water partition coefficient (Wildman–Crippen LogP) is 5.55. The summed E-state index contributed by atoms with van der Waals surface area (Å²) in [5, 5.41) is 1.12. The molecule has 0 saturated heterocycles. The second-order valence-corrected chi connectivity index (χ2v) is 5.62. The Bertz CT molecular complexity index is 567. The number of ether oxygens (including phenoxy) is 1. The highest BCUT2D eigenvalue weighted by molar-refractivity contribution is 6.42. The third kappa shape index (κ3) is 4.04. The van der Waals surface area contributed by atoms with Gasteiger partial charge in [-0.15, -0.1) is 0 Å². The van der Waals surface area contributed by atoms with Gasteiger partial charge in [0.2, 0.25) is 0 Å². The Hall–Kier alpha value is -0.890. The van der Waals surface area contributed by atoms with Gasteiger partial charge in [-0.05, 0) is 36.2 Å². The first-order valence-corrected chi connectivity index (χ1v) is 7.08. The lowest BCUT2D eigenvalue weighted by molar-refractivity contribution is 0.298. The maximum atomic E-state index is 6.02. The van der Waals surface area contributed by atoms with Crippen molar-refractivity contribution in [3.8, 4) is 5.75 Å². The third-order valence-electron chi connectivity index (χ3n) is 2.64. The van der Waals surface area contributed by atoms with Crippen molar-refractivity contribution in [2.24, 2.45) is 0 Å². The van der Waals surface area contributed by atoms with Gasteiger partial charge < -0.3 is 4.74 Å². The zero-order chi connectivity index (χ0) is 13.8. The number of hydrogen-bond donors (Lipinski definition) is 0. The standard InChI is InChI=1S/C15H13Cl3O/c1-10(16)19-15-5-3-2-4-12(15)8-11-6-7-13(17)14(18)9-11/h2-7,9-10H,8H2,1H3. The minimum atomic E-state index is -0.366. The number of benzene rings is 2. The zero-order valence-corrected chi connectivity index (χ0v) is 12.6. The van der Waals surface area contributed by atoms with E-state index >= 15 is 0 Å². The lowest BCUT2D eigenvalue weighted by atomic mass is 10.0. The summed E-state index contributed by atoms with van der Waals surface area (Å²) in [5.41, 5.74) is 1.77. The van der Waals surface area contributed by atoms with E-state index in [2.05, 4.69) is 0 Å². The van der Waals surface area contributed by atoms with E-state index in [1.54, 1.807) is 13.0 Å². The number of hydrogen-bond acceptors (Lipinski definition) is 1. The highest BCUT2D eigenvalue weighted by Crippen LogP contribution is 2.27. The molecule has 0 aliphatic heterocycles. The van der Waals surface area contributed by atoms with Crippen LogP contribution in [-0.4, -0.2) is 5.56 Å². The summed E-state index contributed by atoms with van der Waals surface area (Å²) in [4.78, 5) is 0. The molecule has 0 radical (unpaired) electrons. The molecule has 0 aliphatic carbocycles. The van der Waals surface area contributed by atoms with E-state index in [9.17, 15) is 0 Å². The van der Waals surface area contributed by atoms with Crippen molar-refractivity contribution in [1.29, 1.82) is 0 Å². The topological polar surface area (TPSA) is 9.23 Å². The van der Waals surface area contributed by atoms with E-state index in [1.807, 2.05) is 36.4 Å². The molecule has 1 nitrogen and oxygen atoms in total. The molecule has 0 fully saturated rings. The van der Waals surface area contributed by atoms with Crippen molar-refractivity contribution >= 4 is 34.8 Å². The van der Waals surface area contributed by atoms with Gasteiger partial charge in [0, 0.05) is 6.42 Å². The van der Waals surface area contributed by atoms with E-state index in [4.69, 9.17) is 39.5 Å². The van der Waals surface area contributed by atoms with Crippen LogP contribution in [0.5, 0.6) is 5.75 Å². The van der Waals surface area contributed by atoms with Gasteiger partial charge in [-0.2, -0.15) is 0 Å². The highest BCUT2D eigenvalue weighted by atomic mass is 35.5. The molecular formula is C15H13Cl3O. The van der Waals surface area contributed by atoms with Gasteiger partial charge in [0.25, 0.3) is 0 Å². The SMILES string of the molecule is CC(Cl)Oc1ccccc1Cc1ccc(Cl)c(Cl)c1. The quantitative estimate of drug-likeness (QED) is 0.672. The van der Waals surface area contributed by atoms with Crippen LogP contribution in [-0.2, 0) is 6.42 Å². The van der Waals surface area contributed by atoms with Crippen molar-refractivity contribution in [1.82, 2.24) is 0 Å². The minimum absolute atomic E-state index is 0.366.